The topological polar surface area (TPSA) is 70.4 Å². The highest BCUT2D eigenvalue weighted by atomic mass is 16.5. The van der Waals surface area contributed by atoms with E-state index in [1.165, 1.54) is 0 Å². The van der Waals surface area contributed by atoms with Crippen LogP contribution in [-0.2, 0) is 21.4 Å². The molecule has 0 spiro atoms. The maximum atomic E-state index is 11.6. The van der Waals surface area contributed by atoms with E-state index in [1.54, 1.807) is 29.1 Å². The van der Waals surface area contributed by atoms with Crippen molar-refractivity contribution in [3.05, 3.63) is 48.3 Å². The lowest BCUT2D eigenvalue weighted by Crippen LogP contribution is -2.01. The Kier molecular flexibility index (Phi) is 3.50. The highest BCUT2D eigenvalue weighted by Gasteiger charge is 2.30. The largest absolute Gasteiger partial charge is 0.454 e. The van der Waals surface area contributed by atoms with Crippen LogP contribution in [0.25, 0.3) is 11.1 Å². The summed E-state index contributed by atoms with van der Waals surface area (Å²) >= 11 is 0. The first kappa shape index (κ1) is 14.1. The molecule has 1 aliphatic heterocycles. The highest BCUT2D eigenvalue weighted by molar-refractivity contribution is 5.90. The van der Waals surface area contributed by atoms with Gasteiger partial charge in [-0.05, 0) is 17.7 Å². The molecule has 0 bridgehead atoms. The molecule has 1 saturated heterocycles. The van der Waals surface area contributed by atoms with Gasteiger partial charge in [0.1, 0.15) is 11.9 Å². The Morgan fingerprint density at radius 3 is 2.91 bits per heavy atom. The molecular formula is C16H14N2O4. The van der Waals surface area contributed by atoms with Crippen LogP contribution in [-0.4, -0.2) is 22.2 Å². The van der Waals surface area contributed by atoms with Crippen molar-refractivity contribution < 1.29 is 19.1 Å². The lowest BCUT2D eigenvalue weighted by Gasteiger charge is -2.14. The number of benzene rings is 1. The van der Waals surface area contributed by atoms with Gasteiger partial charge in [-0.1, -0.05) is 12.6 Å². The van der Waals surface area contributed by atoms with Gasteiger partial charge in [0.15, 0.2) is 0 Å². The van der Waals surface area contributed by atoms with Crippen LogP contribution in [0.3, 0.4) is 0 Å². The van der Waals surface area contributed by atoms with Gasteiger partial charge in [0, 0.05) is 36.4 Å². The molecule has 1 aromatic carbocycles. The van der Waals surface area contributed by atoms with Gasteiger partial charge in [-0.2, -0.15) is 5.10 Å². The third-order valence-electron chi connectivity index (χ3n) is 3.54. The second-order valence-corrected chi connectivity index (χ2v) is 5.07. The van der Waals surface area contributed by atoms with Gasteiger partial charge in [-0.25, -0.2) is 4.79 Å². The van der Waals surface area contributed by atoms with Crippen LogP contribution in [0.4, 0.5) is 0 Å². The van der Waals surface area contributed by atoms with Gasteiger partial charge >= 0.3 is 5.97 Å². The molecule has 1 unspecified atom stereocenters. The molecule has 22 heavy (non-hydrogen) atoms. The molecule has 1 fully saturated rings. The molecule has 0 saturated carbocycles. The lowest BCUT2D eigenvalue weighted by molar-refractivity contribution is -0.139. The van der Waals surface area contributed by atoms with Crippen LogP contribution in [0.2, 0.25) is 0 Å². The van der Waals surface area contributed by atoms with Crippen molar-refractivity contribution in [2.24, 2.45) is 7.05 Å². The third-order valence-corrected chi connectivity index (χ3v) is 3.54. The van der Waals surface area contributed by atoms with Crippen molar-refractivity contribution in [1.82, 2.24) is 9.78 Å². The number of ether oxygens (including phenoxy) is 2. The number of rotatable bonds is 4. The first-order valence-electron chi connectivity index (χ1n) is 6.70. The smallest absolute Gasteiger partial charge is 0.334 e. The molecule has 2 aromatic rings. The van der Waals surface area contributed by atoms with E-state index in [0.717, 1.165) is 16.7 Å². The van der Waals surface area contributed by atoms with Crippen LogP contribution in [0.15, 0.2) is 42.7 Å². The highest BCUT2D eigenvalue weighted by Crippen LogP contribution is 2.39. The summed E-state index contributed by atoms with van der Waals surface area (Å²) < 4.78 is 11.9. The molecule has 2 heterocycles. The van der Waals surface area contributed by atoms with Gasteiger partial charge in [0.05, 0.1) is 6.20 Å². The molecule has 0 aliphatic carbocycles. The van der Waals surface area contributed by atoms with Crippen molar-refractivity contribution in [3.63, 3.8) is 0 Å². The minimum absolute atomic E-state index is 0.374. The van der Waals surface area contributed by atoms with Crippen molar-refractivity contribution in [2.75, 3.05) is 0 Å². The van der Waals surface area contributed by atoms with Crippen molar-refractivity contribution in [1.29, 1.82) is 0 Å². The monoisotopic (exact) mass is 298 g/mol. The SMILES string of the molecule is C=C1CC(c2ccc(OC=O)cc2-c2cnn(C)c2)OC1=O. The van der Waals surface area contributed by atoms with E-state index in [2.05, 4.69) is 11.7 Å². The Hall–Kier alpha value is -2.89. The van der Waals surface area contributed by atoms with E-state index in [9.17, 15) is 9.59 Å². The predicted molar refractivity (Wildman–Crippen MR) is 77.9 cm³/mol. The van der Waals surface area contributed by atoms with Crippen molar-refractivity contribution in [2.45, 2.75) is 12.5 Å². The van der Waals surface area contributed by atoms with E-state index >= 15 is 0 Å². The number of hydrogen-bond acceptors (Lipinski definition) is 5. The zero-order valence-electron chi connectivity index (χ0n) is 12.0. The quantitative estimate of drug-likeness (QED) is 0.491. The number of carbonyl (C=O) groups excluding carboxylic acids is 2. The molecular weight excluding hydrogens is 284 g/mol. The molecule has 3 rings (SSSR count). The summed E-state index contributed by atoms with van der Waals surface area (Å²) in [7, 11) is 1.81. The molecule has 6 nitrogen and oxygen atoms in total. The average molecular weight is 298 g/mol. The summed E-state index contributed by atoms with van der Waals surface area (Å²) in [6, 6.07) is 5.19. The number of esters is 1. The van der Waals surface area contributed by atoms with Crippen molar-refractivity contribution >= 4 is 12.4 Å². The first-order valence-corrected chi connectivity index (χ1v) is 6.70. The molecule has 6 heteroatoms. The van der Waals surface area contributed by atoms with E-state index in [0.29, 0.717) is 24.2 Å². The van der Waals surface area contributed by atoms with Gasteiger partial charge in [0.25, 0.3) is 6.47 Å². The summed E-state index contributed by atoms with van der Waals surface area (Å²) in [6.07, 6.45) is 3.60. The minimum Gasteiger partial charge on any atom is -0.454 e. The molecule has 0 N–H and O–H groups in total. The lowest BCUT2D eigenvalue weighted by atomic mass is 9.96. The summed E-state index contributed by atoms with van der Waals surface area (Å²) in [5.41, 5.74) is 2.94. The molecule has 1 aromatic heterocycles. The van der Waals surface area contributed by atoms with E-state index in [-0.39, 0.29) is 12.1 Å². The Bertz CT molecular complexity index is 747. The van der Waals surface area contributed by atoms with E-state index in [1.807, 2.05) is 13.2 Å². The number of aromatic nitrogens is 2. The van der Waals surface area contributed by atoms with Crippen molar-refractivity contribution in [3.8, 4) is 16.9 Å². The van der Waals surface area contributed by atoms with Crippen LogP contribution in [0, 0.1) is 0 Å². The van der Waals surface area contributed by atoms with Gasteiger partial charge in [0.2, 0.25) is 0 Å². The fourth-order valence-corrected chi connectivity index (χ4v) is 2.49. The maximum absolute atomic E-state index is 11.6. The summed E-state index contributed by atoms with van der Waals surface area (Å²) in [5, 5.41) is 4.15. The Morgan fingerprint density at radius 2 is 2.32 bits per heavy atom. The normalized spacial score (nSPS) is 17.4. The van der Waals surface area contributed by atoms with Crippen LogP contribution < -0.4 is 4.74 Å². The summed E-state index contributed by atoms with van der Waals surface area (Å²) in [4.78, 5) is 22.1. The summed E-state index contributed by atoms with van der Waals surface area (Å²) in [5.74, 6) is 0.0381. The molecule has 1 aliphatic rings. The van der Waals surface area contributed by atoms with E-state index in [4.69, 9.17) is 9.47 Å². The maximum Gasteiger partial charge on any atom is 0.334 e. The zero-order chi connectivity index (χ0) is 15.7. The number of carbonyl (C=O) groups is 2. The van der Waals surface area contributed by atoms with E-state index < -0.39 is 0 Å². The average Bonchev–Trinajstić information content (AvgIpc) is 3.06. The Balaban J connectivity index is 2.07. The second-order valence-electron chi connectivity index (χ2n) is 5.07. The Morgan fingerprint density at radius 1 is 1.50 bits per heavy atom. The number of cyclic esters (lactones) is 1. The number of hydrogen-bond donors (Lipinski definition) is 0. The van der Waals surface area contributed by atoms with Crippen LogP contribution in [0.5, 0.6) is 5.75 Å². The molecule has 1 atom stereocenters. The number of nitrogens with zero attached hydrogens (tertiary/aromatic N) is 2. The standard InChI is InChI=1S/C16H14N2O4/c1-10-5-15(22-16(10)20)13-4-3-12(21-9-19)6-14(13)11-7-17-18(2)8-11/h3-4,6-9,15H,1,5H2,2H3. The van der Waals surface area contributed by atoms with Gasteiger partial charge in [-0.15, -0.1) is 0 Å². The van der Waals surface area contributed by atoms with Crippen LogP contribution >= 0.6 is 0 Å². The fraction of sp³-hybridized carbons (Fsp3) is 0.188. The predicted octanol–water partition coefficient (Wildman–Crippen LogP) is 2.17. The fourth-order valence-electron chi connectivity index (χ4n) is 2.49. The zero-order valence-corrected chi connectivity index (χ0v) is 12.0. The Labute approximate surface area is 127 Å². The third kappa shape index (κ3) is 2.50. The minimum atomic E-state index is -0.388. The van der Waals surface area contributed by atoms with Crippen LogP contribution in [0.1, 0.15) is 18.1 Å². The first-order chi connectivity index (χ1) is 10.6. The second kappa shape index (κ2) is 5.48. The number of aryl methyl sites for hydroxylation is 1. The summed E-state index contributed by atoms with van der Waals surface area (Å²) in [6.45, 7) is 4.08. The molecule has 0 amide bonds. The molecule has 112 valence electrons. The molecule has 0 radical (unpaired) electrons. The van der Waals surface area contributed by atoms with Gasteiger partial charge in [-0.3, -0.25) is 9.48 Å². The van der Waals surface area contributed by atoms with Gasteiger partial charge < -0.3 is 9.47 Å².